The molecule has 0 unspecified atom stereocenters. The van der Waals surface area contributed by atoms with E-state index in [0.717, 1.165) is 12.8 Å². The predicted molar refractivity (Wildman–Crippen MR) is 101 cm³/mol. The lowest BCUT2D eigenvalue weighted by Crippen LogP contribution is -2.12. The van der Waals surface area contributed by atoms with Crippen LogP contribution >= 0.6 is 0 Å². The van der Waals surface area contributed by atoms with E-state index in [4.69, 9.17) is 20.5 Å². The number of anilines is 2. The number of nitriles is 1. The summed E-state index contributed by atoms with van der Waals surface area (Å²) in [6, 6.07) is 12.8. The van der Waals surface area contributed by atoms with E-state index < -0.39 is 0 Å². The lowest BCUT2D eigenvalue weighted by molar-refractivity contribution is -0.116. The molecule has 3 N–H and O–H groups in total. The highest BCUT2D eigenvalue weighted by Crippen LogP contribution is 2.38. The maximum Gasteiger partial charge on any atom is 0.224 e. The predicted octanol–water partition coefficient (Wildman–Crippen LogP) is 3.73. The third-order valence-electron chi connectivity index (χ3n) is 4.23. The maximum absolute atomic E-state index is 11.7. The van der Waals surface area contributed by atoms with Crippen molar-refractivity contribution in [3.8, 4) is 23.4 Å². The summed E-state index contributed by atoms with van der Waals surface area (Å²) >= 11 is 0. The fraction of sp³-hybridized carbons (Fsp3) is 0.350. The zero-order valence-corrected chi connectivity index (χ0v) is 15.1. The summed E-state index contributed by atoms with van der Waals surface area (Å²) in [5, 5.41) is 11.6. The van der Waals surface area contributed by atoms with Crippen molar-refractivity contribution in [1.29, 1.82) is 5.26 Å². The van der Waals surface area contributed by atoms with Gasteiger partial charge in [0.15, 0.2) is 5.82 Å². The molecule has 0 saturated heterocycles. The van der Waals surface area contributed by atoms with Crippen LogP contribution in [0.25, 0.3) is 0 Å². The Bertz CT molecular complexity index is 863. The summed E-state index contributed by atoms with van der Waals surface area (Å²) in [6.45, 7) is 2.46. The van der Waals surface area contributed by atoms with E-state index in [1.54, 1.807) is 24.3 Å². The van der Waals surface area contributed by atoms with Crippen LogP contribution in [-0.2, 0) is 4.79 Å². The number of amides is 1. The minimum absolute atomic E-state index is 0.0983. The first-order valence-electron chi connectivity index (χ1n) is 8.95. The summed E-state index contributed by atoms with van der Waals surface area (Å²) in [5.74, 6) is 2.09. The van der Waals surface area contributed by atoms with Gasteiger partial charge in [0.25, 0.3) is 0 Å². The van der Waals surface area contributed by atoms with Crippen LogP contribution in [0.2, 0.25) is 0 Å². The van der Waals surface area contributed by atoms with Gasteiger partial charge in [0.1, 0.15) is 11.5 Å². The highest BCUT2D eigenvalue weighted by molar-refractivity contribution is 5.93. The molecular weight excluding hydrogens is 344 g/mol. The number of carbonyl (C=O) groups is 1. The summed E-state index contributed by atoms with van der Waals surface area (Å²) in [7, 11) is 0. The number of nitrogens with one attached hydrogen (secondary N) is 1. The molecule has 2 aromatic rings. The van der Waals surface area contributed by atoms with Gasteiger partial charge in [-0.2, -0.15) is 10.2 Å². The van der Waals surface area contributed by atoms with Crippen molar-refractivity contribution in [2.24, 2.45) is 11.8 Å². The van der Waals surface area contributed by atoms with Crippen LogP contribution in [0.1, 0.15) is 26.2 Å². The number of nitrogen functional groups attached to an aromatic ring is 1. The molecule has 1 aliphatic rings. The molecule has 3 rings (SSSR count). The van der Waals surface area contributed by atoms with Crippen molar-refractivity contribution in [2.45, 2.75) is 26.2 Å². The number of nitrogens with two attached hydrogens (primary N) is 1. The quantitative estimate of drug-likeness (QED) is 0.736. The Morgan fingerprint density at radius 2 is 2.19 bits per heavy atom. The Morgan fingerprint density at radius 1 is 1.37 bits per heavy atom. The Labute approximate surface area is 158 Å². The van der Waals surface area contributed by atoms with E-state index in [1.807, 2.05) is 19.1 Å². The molecule has 2 atom stereocenters. The molecule has 0 aliphatic heterocycles. The normalized spacial score (nSPS) is 17.6. The lowest BCUT2D eigenvalue weighted by atomic mass is 10.3. The Balaban J connectivity index is 1.60. The van der Waals surface area contributed by atoms with Gasteiger partial charge in [-0.1, -0.05) is 13.0 Å². The van der Waals surface area contributed by atoms with Crippen LogP contribution in [0.5, 0.6) is 17.4 Å². The molecule has 0 bridgehead atoms. The third-order valence-corrected chi connectivity index (χ3v) is 4.23. The second kappa shape index (κ2) is 8.41. The molecule has 0 radical (unpaired) electrons. The molecule has 1 fully saturated rings. The van der Waals surface area contributed by atoms with Crippen molar-refractivity contribution < 1.29 is 14.3 Å². The highest BCUT2D eigenvalue weighted by Gasteiger charge is 2.37. The number of hydrogen-bond acceptors (Lipinski definition) is 6. The van der Waals surface area contributed by atoms with E-state index in [1.165, 1.54) is 0 Å². The summed E-state index contributed by atoms with van der Waals surface area (Å²) in [6.07, 6.45) is 2.09. The first kappa shape index (κ1) is 18.5. The van der Waals surface area contributed by atoms with Gasteiger partial charge in [-0.3, -0.25) is 4.79 Å². The number of carbonyl (C=O) groups excluding carboxylic acids is 1. The van der Waals surface area contributed by atoms with E-state index in [2.05, 4.69) is 16.4 Å². The maximum atomic E-state index is 11.7. The molecule has 1 amide bonds. The average molecular weight is 366 g/mol. The first-order chi connectivity index (χ1) is 13.1. The molecule has 1 aromatic heterocycles. The van der Waals surface area contributed by atoms with Crippen molar-refractivity contribution in [3.63, 3.8) is 0 Å². The van der Waals surface area contributed by atoms with Crippen molar-refractivity contribution in [1.82, 2.24) is 4.98 Å². The summed E-state index contributed by atoms with van der Waals surface area (Å²) in [5.41, 5.74) is 6.37. The molecule has 1 heterocycles. The third kappa shape index (κ3) is 5.11. The van der Waals surface area contributed by atoms with Crippen LogP contribution in [0, 0.1) is 23.2 Å². The van der Waals surface area contributed by atoms with E-state index in [0.29, 0.717) is 42.0 Å². The molecule has 140 valence electrons. The minimum atomic E-state index is -0.0983. The van der Waals surface area contributed by atoms with Crippen molar-refractivity contribution >= 4 is 17.4 Å². The van der Waals surface area contributed by atoms with E-state index in [-0.39, 0.29) is 17.6 Å². The molecule has 1 aromatic carbocycles. The van der Waals surface area contributed by atoms with Crippen molar-refractivity contribution in [3.05, 3.63) is 36.4 Å². The monoisotopic (exact) mass is 366 g/mol. The largest absolute Gasteiger partial charge is 0.493 e. The molecule has 1 saturated carbocycles. The average Bonchev–Trinajstić information content (AvgIpc) is 3.42. The number of benzene rings is 1. The second-order valence-corrected chi connectivity index (χ2v) is 6.50. The molecule has 7 nitrogen and oxygen atoms in total. The lowest BCUT2D eigenvalue weighted by Gasteiger charge is -2.11. The summed E-state index contributed by atoms with van der Waals surface area (Å²) in [4.78, 5) is 15.9. The van der Waals surface area contributed by atoms with Crippen LogP contribution < -0.4 is 20.5 Å². The number of ether oxygens (including phenoxy) is 2. The topological polar surface area (TPSA) is 110 Å². The smallest absolute Gasteiger partial charge is 0.224 e. The van der Waals surface area contributed by atoms with Crippen LogP contribution in [-0.4, -0.2) is 17.5 Å². The number of rotatable bonds is 8. The number of hydrogen-bond donors (Lipinski definition) is 2. The minimum Gasteiger partial charge on any atom is -0.493 e. The van der Waals surface area contributed by atoms with Gasteiger partial charge in [0.05, 0.1) is 24.3 Å². The van der Waals surface area contributed by atoms with Gasteiger partial charge < -0.3 is 20.5 Å². The number of nitrogens with zero attached hydrogens (tertiary/aromatic N) is 2. The molecular formula is C20H22N4O3. The molecule has 7 heteroatoms. The van der Waals surface area contributed by atoms with Crippen LogP contribution in [0.15, 0.2) is 36.4 Å². The number of aromatic nitrogens is 1. The number of pyridine rings is 1. The molecule has 1 aliphatic carbocycles. The van der Waals surface area contributed by atoms with Gasteiger partial charge >= 0.3 is 0 Å². The highest BCUT2D eigenvalue weighted by atomic mass is 16.5. The Kier molecular flexibility index (Phi) is 5.77. The SMILES string of the molecule is CCCC(=O)Nc1ccc(Oc2cccc(OC[C@@H]3C[C@H]3C#N)c2)nc1N. The van der Waals surface area contributed by atoms with Crippen molar-refractivity contribution in [2.75, 3.05) is 17.7 Å². The summed E-state index contributed by atoms with van der Waals surface area (Å²) < 4.78 is 11.5. The standard InChI is InChI=1S/C20H22N4O3/c1-2-4-18(25)23-17-7-8-19(24-20(17)22)27-16-6-3-5-15(10-16)26-12-14-9-13(14)11-21/h3,5-8,10,13-14H,2,4,9,12H2,1H3,(H2,22,24)(H,23,25)/t13-,14-/m0/s1. The van der Waals surface area contributed by atoms with Crippen LogP contribution in [0.3, 0.4) is 0 Å². The van der Waals surface area contributed by atoms with Gasteiger partial charge in [-0.25, -0.2) is 0 Å². The molecule has 0 spiro atoms. The van der Waals surface area contributed by atoms with Gasteiger partial charge in [0, 0.05) is 24.5 Å². The first-order valence-corrected chi connectivity index (χ1v) is 8.95. The van der Waals surface area contributed by atoms with Crippen LogP contribution in [0.4, 0.5) is 11.5 Å². The Morgan fingerprint density at radius 3 is 2.89 bits per heavy atom. The molecule has 27 heavy (non-hydrogen) atoms. The van der Waals surface area contributed by atoms with E-state index in [9.17, 15) is 4.79 Å². The second-order valence-electron chi connectivity index (χ2n) is 6.50. The fourth-order valence-electron chi connectivity index (χ4n) is 2.60. The Hall–Kier alpha value is -3.27. The fourth-order valence-corrected chi connectivity index (χ4v) is 2.60. The van der Waals surface area contributed by atoms with E-state index >= 15 is 0 Å². The van der Waals surface area contributed by atoms with Gasteiger partial charge in [0.2, 0.25) is 11.8 Å². The zero-order chi connectivity index (χ0) is 19.2. The van der Waals surface area contributed by atoms with Gasteiger partial charge in [-0.05, 0) is 31.0 Å². The van der Waals surface area contributed by atoms with Gasteiger partial charge in [-0.15, -0.1) is 0 Å². The zero-order valence-electron chi connectivity index (χ0n) is 15.1.